The lowest BCUT2D eigenvalue weighted by Gasteiger charge is -2.08. The maximum Gasteiger partial charge on any atom is 0.0485 e. The minimum absolute atomic E-state index is 1.04. The first-order chi connectivity index (χ1) is 10.4. The molecule has 1 aromatic carbocycles. The fourth-order valence-electron chi connectivity index (χ4n) is 2.58. The molecular formula is C18H20N2S. The second-order valence-corrected chi connectivity index (χ2v) is 5.91. The lowest BCUT2D eigenvalue weighted by atomic mass is 10.2. The van der Waals surface area contributed by atoms with Gasteiger partial charge in [-0.1, -0.05) is 24.3 Å². The molecule has 3 aromatic rings. The average Bonchev–Trinajstić information content (AvgIpc) is 3.13. The van der Waals surface area contributed by atoms with Crippen molar-refractivity contribution in [2.24, 2.45) is 0 Å². The van der Waals surface area contributed by atoms with E-state index in [1.54, 1.807) is 11.3 Å². The maximum absolute atomic E-state index is 3.22. The molecule has 0 bridgehead atoms. The van der Waals surface area contributed by atoms with E-state index in [1.807, 2.05) is 7.05 Å². The molecule has 0 spiro atoms. The zero-order valence-electron chi connectivity index (χ0n) is 12.3. The fourth-order valence-corrected chi connectivity index (χ4v) is 3.21. The van der Waals surface area contributed by atoms with Crippen LogP contribution in [0.25, 0.3) is 23.1 Å². The van der Waals surface area contributed by atoms with E-state index < -0.39 is 0 Å². The number of nitrogens with zero attached hydrogens (tertiary/aromatic N) is 1. The van der Waals surface area contributed by atoms with Crippen LogP contribution in [0, 0.1) is 0 Å². The predicted octanol–water partition coefficient (Wildman–Crippen LogP) is 4.48. The Kier molecular flexibility index (Phi) is 4.53. The topological polar surface area (TPSA) is 17.0 Å². The molecule has 0 amide bonds. The number of nitrogens with one attached hydrogen (secondary N) is 1. The van der Waals surface area contributed by atoms with Gasteiger partial charge in [-0.2, -0.15) is 11.3 Å². The monoisotopic (exact) mass is 296 g/mol. The van der Waals surface area contributed by atoms with Crippen LogP contribution in [0.5, 0.6) is 0 Å². The quantitative estimate of drug-likeness (QED) is 0.664. The number of fused-ring (bicyclic) bond motifs is 1. The van der Waals surface area contributed by atoms with E-state index in [9.17, 15) is 0 Å². The number of benzene rings is 1. The highest BCUT2D eigenvalue weighted by atomic mass is 32.1. The Bertz CT molecular complexity index is 723. The average molecular weight is 296 g/mol. The Labute approximate surface area is 129 Å². The molecule has 0 unspecified atom stereocenters. The van der Waals surface area contributed by atoms with Crippen molar-refractivity contribution in [2.45, 2.75) is 13.0 Å². The van der Waals surface area contributed by atoms with E-state index in [2.05, 4.69) is 69.2 Å². The summed E-state index contributed by atoms with van der Waals surface area (Å²) in [5.74, 6) is 0. The first-order valence-electron chi connectivity index (χ1n) is 7.31. The molecule has 0 fully saturated rings. The number of rotatable bonds is 6. The lowest BCUT2D eigenvalue weighted by molar-refractivity contribution is 0.625. The van der Waals surface area contributed by atoms with Gasteiger partial charge in [0, 0.05) is 23.1 Å². The van der Waals surface area contributed by atoms with Gasteiger partial charge in [-0.05, 0) is 60.6 Å². The number of para-hydroxylation sites is 1. The molecule has 0 saturated heterocycles. The van der Waals surface area contributed by atoms with Crippen molar-refractivity contribution in [1.82, 2.24) is 9.88 Å². The number of thiophene rings is 1. The van der Waals surface area contributed by atoms with Gasteiger partial charge in [0.05, 0.1) is 0 Å². The number of hydrogen-bond acceptors (Lipinski definition) is 2. The molecule has 0 aliphatic carbocycles. The van der Waals surface area contributed by atoms with E-state index in [-0.39, 0.29) is 0 Å². The van der Waals surface area contributed by atoms with Gasteiger partial charge < -0.3 is 9.88 Å². The van der Waals surface area contributed by atoms with Gasteiger partial charge >= 0.3 is 0 Å². The molecule has 0 atom stereocenters. The van der Waals surface area contributed by atoms with Crippen LogP contribution in [-0.4, -0.2) is 18.2 Å². The van der Waals surface area contributed by atoms with Gasteiger partial charge in [0.2, 0.25) is 0 Å². The van der Waals surface area contributed by atoms with Crippen LogP contribution in [0.15, 0.2) is 47.2 Å². The van der Waals surface area contributed by atoms with Crippen LogP contribution < -0.4 is 5.32 Å². The fraction of sp³-hybridized carbons (Fsp3) is 0.222. The molecule has 0 aliphatic rings. The van der Waals surface area contributed by atoms with Crippen molar-refractivity contribution in [2.75, 3.05) is 13.6 Å². The SMILES string of the molecule is CNCCCn1c(C=Cc2ccsc2)cc2ccccc21. The predicted molar refractivity (Wildman–Crippen MR) is 93.7 cm³/mol. The first kappa shape index (κ1) is 14.1. The molecule has 0 saturated carbocycles. The molecule has 108 valence electrons. The van der Waals surface area contributed by atoms with Crippen LogP contribution in [0.4, 0.5) is 0 Å². The molecule has 1 N–H and O–H groups in total. The van der Waals surface area contributed by atoms with Crippen molar-refractivity contribution in [3.63, 3.8) is 0 Å². The second kappa shape index (κ2) is 6.74. The Morgan fingerprint density at radius 2 is 2.10 bits per heavy atom. The molecule has 2 nitrogen and oxygen atoms in total. The highest BCUT2D eigenvalue weighted by molar-refractivity contribution is 7.08. The third-order valence-corrected chi connectivity index (χ3v) is 4.34. The summed E-state index contributed by atoms with van der Waals surface area (Å²) in [6, 6.07) is 13.0. The molecule has 2 heterocycles. The maximum atomic E-state index is 3.22. The van der Waals surface area contributed by atoms with E-state index in [0.29, 0.717) is 0 Å². The molecule has 3 heteroatoms. The largest absolute Gasteiger partial charge is 0.341 e. The van der Waals surface area contributed by atoms with Crippen LogP contribution >= 0.6 is 11.3 Å². The van der Waals surface area contributed by atoms with Gasteiger partial charge in [0.1, 0.15) is 0 Å². The Balaban J connectivity index is 1.93. The minimum atomic E-state index is 1.04. The van der Waals surface area contributed by atoms with Crippen LogP contribution in [0.2, 0.25) is 0 Å². The van der Waals surface area contributed by atoms with Gasteiger partial charge in [-0.25, -0.2) is 0 Å². The molecule has 0 aliphatic heterocycles. The van der Waals surface area contributed by atoms with Crippen LogP contribution in [-0.2, 0) is 6.54 Å². The Morgan fingerprint density at radius 1 is 1.19 bits per heavy atom. The van der Waals surface area contributed by atoms with Crippen LogP contribution in [0.3, 0.4) is 0 Å². The van der Waals surface area contributed by atoms with Gasteiger partial charge in [0.15, 0.2) is 0 Å². The second-order valence-electron chi connectivity index (χ2n) is 5.13. The molecule has 2 aromatic heterocycles. The zero-order valence-corrected chi connectivity index (χ0v) is 13.1. The van der Waals surface area contributed by atoms with Gasteiger partial charge in [-0.3, -0.25) is 0 Å². The smallest absolute Gasteiger partial charge is 0.0485 e. The van der Waals surface area contributed by atoms with E-state index >= 15 is 0 Å². The third kappa shape index (κ3) is 3.26. The molecule has 21 heavy (non-hydrogen) atoms. The van der Waals surface area contributed by atoms with Crippen LogP contribution in [0.1, 0.15) is 17.7 Å². The van der Waals surface area contributed by atoms with Crippen molar-refractivity contribution in [3.8, 4) is 0 Å². The molecular weight excluding hydrogens is 276 g/mol. The van der Waals surface area contributed by atoms with Crippen molar-refractivity contribution < 1.29 is 0 Å². The summed E-state index contributed by atoms with van der Waals surface area (Å²) < 4.78 is 2.41. The van der Waals surface area contributed by atoms with E-state index in [4.69, 9.17) is 0 Å². The molecule has 0 radical (unpaired) electrons. The highest BCUT2D eigenvalue weighted by Crippen LogP contribution is 2.22. The van der Waals surface area contributed by atoms with Gasteiger partial charge in [-0.15, -0.1) is 0 Å². The Morgan fingerprint density at radius 3 is 2.90 bits per heavy atom. The Hall–Kier alpha value is -1.84. The third-order valence-electron chi connectivity index (χ3n) is 3.64. The summed E-state index contributed by atoms with van der Waals surface area (Å²) in [6.07, 6.45) is 5.55. The van der Waals surface area contributed by atoms with Crippen molar-refractivity contribution >= 4 is 34.4 Å². The summed E-state index contributed by atoms with van der Waals surface area (Å²) in [7, 11) is 2.01. The van der Waals surface area contributed by atoms with E-state index in [1.165, 1.54) is 22.2 Å². The summed E-state index contributed by atoms with van der Waals surface area (Å²) >= 11 is 1.73. The normalized spacial score (nSPS) is 11.7. The summed E-state index contributed by atoms with van der Waals surface area (Å²) in [5, 5.41) is 8.82. The first-order valence-corrected chi connectivity index (χ1v) is 8.26. The van der Waals surface area contributed by atoms with Crippen molar-refractivity contribution in [3.05, 3.63) is 58.4 Å². The zero-order chi connectivity index (χ0) is 14.5. The molecule has 3 rings (SSSR count). The van der Waals surface area contributed by atoms with Gasteiger partial charge in [0.25, 0.3) is 0 Å². The summed E-state index contributed by atoms with van der Waals surface area (Å²) in [5.41, 5.74) is 3.86. The standard InChI is InChI=1S/C18H20N2S/c1-19-10-4-11-20-17(8-7-15-9-12-21-14-15)13-16-5-2-3-6-18(16)20/h2-3,5-9,12-14,19H,4,10-11H2,1H3. The van der Waals surface area contributed by atoms with E-state index in [0.717, 1.165) is 19.5 Å². The number of aromatic nitrogens is 1. The summed E-state index contributed by atoms with van der Waals surface area (Å²) in [4.78, 5) is 0. The summed E-state index contributed by atoms with van der Waals surface area (Å²) in [6.45, 7) is 2.08. The highest BCUT2D eigenvalue weighted by Gasteiger charge is 2.05. The minimum Gasteiger partial charge on any atom is -0.341 e. The van der Waals surface area contributed by atoms with Crippen molar-refractivity contribution in [1.29, 1.82) is 0 Å². The number of hydrogen-bond donors (Lipinski definition) is 1. The number of aryl methyl sites for hydroxylation is 1. The lowest BCUT2D eigenvalue weighted by Crippen LogP contribution is -2.11.